The first kappa shape index (κ1) is 15.1. The van der Waals surface area contributed by atoms with E-state index in [0.717, 1.165) is 6.42 Å². The molecule has 5 rings (SSSR count). The maximum Gasteiger partial charge on any atom is 0.197 e. The second kappa shape index (κ2) is 7.01. The summed E-state index contributed by atoms with van der Waals surface area (Å²) in [5.74, 6) is 1.11. The molecule has 0 radical (unpaired) electrons. The minimum atomic E-state index is 0.554. The van der Waals surface area contributed by atoms with Gasteiger partial charge in [-0.2, -0.15) is 0 Å². The molecule has 2 heterocycles. The molecule has 1 aliphatic rings. The lowest BCUT2D eigenvalue weighted by molar-refractivity contribution is 1.08. The Bertz CT molecular complexity index is 969. The van der Waals surface area contributed by atoms with Crippen LogP contribution >= 0.6 is 0 Å². The zero-order valence-corrected chi connectivity index (χ0v) is 13.6. The van der Waals surface area contributed by atoms with Crippen molar-refractivity contribution in [2.45, 2.75) is 6.42 Å². The van der Waals surface area contributed by atoms with Gasteiger partial charge in [0.25, 0.3) is 0 Å². The van der Waals surface area contributed by atoms with Gasteiger partial charge in [-0.1, -0.05) is 48.6 Å². The fourth-order valence-electron chi connectivity index (χ4n) is 2.90. The molecule has 120 valence electrons. The van der Waals surface area contributed by atoms with Crippen LogP contribution in [0.5, 0.6) is 0 Å². The van der Waals surface area contributed by atoms with E-state index < -0.39 is 0 Å². The predicted octanol–water partition coefficient (Wildman–Crippen LogP) is 4.34. The zero-order chi connectivity index (χ0) is 16.9. The molecule has 0 fully saturated rings. The van der Waals surface area contributed by atoms with E-state index in [-0.39, 0.29) is 0 Å². The van der Waals surface area contributed by atoms with Crippen molar-refractivity contribution in [3.8, 4) is 11.6 Å². The van der Waals surface area contributed by atoms with Crippen molar-refractivity contribution in [1.29, 1.82) is 0 Å². The Kier molecular flexibility index (Phi) is 4.25. The van der Waals surface area contributed by atoms with Crippen molar-refractivity contribution in [1.82, 2.24) is 19.9 Å². The highest BCUT2D eigenvalue weighted by atomic mass is 15.0. The molecular formula is C21H16N4. The van der Waals surface area contributed by atoms with E-state index in [4.69, 9.17) is 0 Å². The highest BCUT2D eigenvalue weighted by Crippen LogP contribution is 2.27. The van der Waals surface area contributed by atoms with E-state index in [1.165, 1.54) is 21.9 Å². The number of allylic oxidation sites excluding steroid dienone is 1. The lowest BCUT2D eigenvalue weighted by atomic mass is 9.93. The lowest BCUT2D eigenvalue weighted by Gasteiger charge is -2.11. The maximum absolute atomic E-state index is 4.01. The van der Waals surface area contributed by atoms with Gasteiger partial charge >= 0.3 is 0 Å². The summed E-state index contributed by atoms with van der Waals surface area (Å²) in [6, 6.07) is 16.5. The van der Waals surface area contributed by atoms with Crippen molar-refractivity contribution in [3.05, 3.63) is 90.5 Å². The van der Waals surface area contributed by atoms with Crippen LogP contribution < -0.4 is 0 Å². The largest absolute Gasteiger partial charge is 0.234 e. The van der Waals surface area contributed by atoms with Crippen molar-refractivity contribution in [2.75, 3.05) is 0 Å². The SMILES string of the molecule is C1=Cc2cccc3cccc(c23)C1.c1cnc(-c2ncccn2)nc1. The van der Waals surface area contributed by atoms with E-state index in [1.54, 1.807) is 36.9 Å². The van der Waals surface area contributed by atoms with Crippen molar-refractivity contribution < 1.29 is 0 Å². The van der Waals surface area contributed by atoms with Crippen LogP contribution in [0.25, 0.3) is 28.5 Å². The summed E-state index contributed by atoms with van der Waals surface area (Å²) in [4.78, 5) is 16.1. The fraction of sp³-hybridized carbons (Fsp3) is 0.0476. The van der Waals surface area contributed by atoms with Gasteiger partial charge in [-0.25, -0.2) is 19.9 Å². The van der Waals surface area contributed by atoms with Gasteiger partial charge in [0.05, 0.1) is 0 Å². The molecule has 4 nitrogen and oxygen atoms in total. The topological polar surface area (TPSA) is 51.6 Å². The van der Waals surface area contributed by atoms with Crippen LogP contribution in [0.15, 0.2) is 79.4 Å². The summed E-state index contributed by atoms with van der Waals surface area (Å²) in [6.07, 6.45) is 12.2. The molecule has 0 aliphatic heterocycles. The number of benzene rings is 2. The molecule has 0 saturated carbocycles. The van der Waals surface area contributed by atoms with Crippen molar-refractivity contribution in [3.63, 3.8) is 0 Å². The van der Waals surface area contributed by atoms with Gasteiger partial charge < -0.3 is 0 Å². The molecule has 0 unspecified atom stereocenters. The second-order valence-corrected chi connectivity index (χ2v) is 5.61. The monoisotopic (exact) mass is 324 g/mol. The van der Waals surface area contributed by atoms with E-state index >= 15 is 0 Å². The Morgan fingerprint density at radius 2 is 1.24 bits per heavy atom. The first-order valence-corrected chi connectivity index (χ1v) is 8.13. The first-order valence-electron chi connectivity index (χ1n) is 8.13. The summed E-state index contributed by atoms with van der Waals surface area (Å²) in [5, 5.41) is 2.80. The Hall–Kier alpha value is -3.40. The fourth-order valence-corrected chi connectivity index (χ4v) is 2.90. The van der Waals surface area contributed by atoms with Gasteiger partial charge in [0, 0.05) is 24.8 Å². The Morgan fingerprint density at radius 3 is 1.88 bits per heavy atom. The molecule has 2 aromatic carbocycles. The maximum atomic E-state index is 4.01. The van der Waals surface area contributed by atoms with E-state index in [0.29, 0.717) is 11.6 Å². The number of aromatic nitrogens is 4. The number of hydrogen-bond donors (Lipinski definition) is 0. The van der Waals surface area contributed by atoms with Crippen molar-refractivity contribution >= 4 is 16.8 Å². The quantitative estimate of drug-likeness (QED) is 0.522. The number of hydrogen-bond acceptors (Lipinski definition) is 4. The van der Waals surface area contributed by atoms with Crippen LogP contribution in [0.1, 0.15) is 11.1 Å². The third-order valence-electron chi connectivity index (χ3n) is 3.99. The molecule has 0 amide bonds. The van der Waals surface area contributed by atoms with E-state index in [2.05, 4.69) is 68.5 Å². The molecule has 0 bridgehead atoms. The van der Waals surface area contributed by atoms with Crippen LogP contribution in [0.3, 0.4) is 0 Å². The standard InChI is InChI=1S/C13H10.C8H6N4/c1-4-10-6-2-8-12-9-3-7-11(5-1)13(10)12;1-3-9-7(10-4-1)8-11-5-2-6-12-8/h1-8H,9H2;1-6H. The second-order valence-electron chi connectivity index (χ2n) is 5.61. The van der Waals surface area contributed by atoms with Crippen LogP contribution in [-0.2, 0) is 6.42 Å². The average molecular weight is 324 g/mol. The molecule has 0 saturated heterocycles. The Labute approximate surface area is 146 Å². The van der Waals surface area contributed by atoms with E-state index in [9.17, 15) is 0 Å². The smallest absolute Gasteiger partial charge is 0.197 e. The summed E-state index contributed by atoms with van der Waals surface area (Å²) in [6.45, 7) is 0. The first-order chi connectivity index (χ1) is 12.4. The number of nitrogens with zero attached hydrogens (tertiary/aromatic N) is 4. The van der Waals surface area contributed by atoms with Crippen LogP contribution in [0.4, 0.5) is 0 Å². The molecule has 25 heavy (non-hydrogen) atoms. The van der Waals surface area contributed by atoms with Gasteiger partial charge in [-0.15, -0.1) is 0 Å². The summed E-state index contributed by atoms with van der Waals surface area (Å²) >= 11 is 0. The van der Waals surface area contributed by atoms with Gasteiger partial charge in [-0.3, -0.25) is 0 Å². The normalized spacial score (nSPS) is 11.7. The van der Waals surface area contributed by atoms with Crippen LogP contribution in [-0.4, -0.2) is 19.9 Å². The molecular weight excluding hydrogens is 308 g/mol. The van der Waals surface area contributed by atoms with Crippen LogP contribution in [0.2, 0.25) is 0 Å². The van der Waals surface area contributed by atoms with Crippen molar-refractivity contribution in [2.24, 2.45) is 0 Å². The van der Waals surface area contributed by atoms with E-state index in [1.807, 2.05) is 0 Å². The molecule has 0 spiro atoms. The van der Waals surface area contributed by atoms with Gasteiger partial charge in [0.15, 0.2) is 11.6 Å². The summed E-state index contributed by atoms with van der Waals surface area (Å²) in [7, 11) is 0. The highest BCUT2D eigenvalue weighted by Gasteiger charge is 2.06. The van der Waals surface area contributed by atoms with Gasteiger partial charge in [0.2, 0.25) is 0 Å². The van der Waals surface area contributed by atoms with Crippen LogP contribution in [0, 0.1) is 0 Å². The highest BCUT2D eigenvalue weighted by molar-refractivity contribution is 5.94. The zero-order valence-electron chi connectivity index (χ0n) is 13.6. The minimum Gasteiger partial charge on any atom is -0.234 e. The molecule has 1 aliphatic carbocycles. The third-order valence-corrected chi connectivity index (χ3v) is 3.99. The molecule has 4 heteroatoms. The molecule has 4 aromatic rings. The van der Waals surface area contributed by atoms with Gasteiger partial charge in [0.1, 0.15) is 0 Å². The molecule has 0 N–H and O–H groups in total. The minimum absolute atomic E-state index is 0.554. The summed E-state index contributed by atoms with van der Waals surface area (Å²) < 4.78 is 0. The van der Waals surface area contributed by atoms with Gasteiger partial charge in [-0.05, 0) is 40.5 Å². The molecule has 2 aromatic heterocycles. The third kappa shape index (κ3) is 3.28. The Morgan fingerprint density at radius 1 is 0.640 bits per heavy atom. The predicted molar refractivity (Wildman–Crippen MR) is 99.7 cm³/mol. The number of rotatable bonds is 1. The Balaban J connectivity index is 0.000000126. The molecule has 0 atom stereocenters. The average Bonchev–Trinajstić information content (AvgIpc) is 2.71. The lowest BCUT2D eigenvalue weighted by Crippen LogP contribution is -1.91. The summed E-state index contributed by atoms with van der Waals surface area (Å²) in [5.41, 5.74) is 2.81.